The topological polar surface area (TPSA) is 20.2 Å². The molecule has 0 aromatic rings. The summed E-state index contributed by atoms with van der Waals surface area (Å²) < 4.78 is 0. The Morgan fingerprint density at radius 3 is 2.78 bits per heavy atom. The first-order valence-corrected chi connectivity index (χ1v) is 4.76. The molecule has 0 spiro atoms. The van der Waals surface area contributed by atoms with Crippen LogP contribution in [0.2, 0.25) is 0 Å². The SMILES string of the molecule is CCSCC(O)C1CC1. The van der Waals surface area contributed by atoms with Crippen molar-refractivity contribution in [1.29, 1.82) is 0 Å². The zero-order valence-electron chi connectivity index (χ0n) is 5.84. The lowest BCUT2D eigenvalue weighted by atomic mass is 10.3. The first kappa shape index (κ1) is 7.42. The van der Waals surface area contributed by atoms with E-state index in [1.54, 1.807) is 0 Å². The molecule has 0 aromatic carbocycles. The molecule has 1 N–H and O–H groups in total. The fourth-order valence-corrected chi connectivity index (χ4v) is 1.61. The fraction of sp³-hybridized carbons (Fsp3) is 1.00. The number of thioether (sulfide) groups is 1. The van der Waals surface area contributed by atoms with E-state index in [1.807, 2.05) is 11.8 Å². The third-order valence-electron chi connectivity index (χ3n) is 1.66. The van der Waals surface area contributed by atoms with Gasteiger partial charge in [0.1, 0.15) is 0 Å². The van der Waals surface area contributed by atoms with Crippen molar-refractivity contribution in [1.82, 2.24) is 0 Å². The summed E-state index contributed by atoms with van der Waals surface area (Å²) in [6.45, 7) is 2.13. The maximum atomic E-state index is 9.30. The van der Waals surface area contributed by atoms with Crippen LogP contribution in [0.15, 0.2) is 0 Å². The molecule has 1 saturated carbocycles. The van der Waals surface area contributed by atoms with Gasteiger partial charge in [-0.15, -0.1) is 0 Å². The summed E-state index contributed by atoms with van der Waals surface area (Å²) in [5, 5.41) is 9.30. The molecule has 54 valence electrons. The van der Waals surface area contributed by atoms with Crippen LogP contribution in [0.4, 0.5) is 0 Å². The van der Waals surface area contributed by atoms with Crippen molar-refractivity contribution in [2.24, 2.45) is 5.92 Å². The van der Waals surface area contributed by atoms with Crippen LogP contribution in [0.3, 0.4) is 0 Å². The largest absolute Gasteiger partial charge is 0.392 e. The van der Waals surface area contributed by atoms with Crippen molar-refractivity contribution in [3.05, 3.63) is 0 Å². The van der Waals surface area contributed by atoms with Crippen molar-refractivity contribution in [2.75, 3.05) is 11.5 Å². The van der Waals surface area contributed by atoms with Gasteiger partial charge in [-0.25, -0.2) is 0 Å². The van der Waals surface area contributed by atoms with Crippen LogP contribution in [0.5, 0.6) is 0 Å². The molecule has 1 unspecified atom stereocenters. The van der Waals surface area contributed by atoms with Crippen molar-refractivity contribution in [3.63, 3.8) is 0 Å². The van der Waals surface area contributed by atoms with E-state index in [4.69, 9.17) is 0 Å². The molecule has 1 fully saturated rings. The number of hydrogen-bond acceptors (Lipinski definition) is 2. The highest BCUT2D eigenvalue weighted by molar-refractivity contribution is 7.99. The molecule has 1 aliphatic rings. The number of hydrogen-bond donors (Lipinski definition) is 1. The van der Waals surface area contributed by atoms with Gasteiger partial charge in [0.05, 0.1) is 6.10 Å². The number of aliphatic hydroxyl groups is 1. The van der Waals surface area contributed by atoms with Crippen molar-refractivity contribution >= 4 is 11.8 Å². The predicted molar refractivity (Wildman–Crippen MR) is 41.7 cm³/mol. The van der Waals surface area contributed by atoms with E-state index >= 15 is 0 Å². The van der Waals surface area contributed by atoms with Gasteiger partial charge in [-0.3, -0.25) is 0 Å². The summed E-state index contributed by atoms with van der Waals surface area (Å²) in [4.78, 5) is 0. The molecule has 0 bridgehead atoms. The van der Waals surface area contributed by atoms with Crippen LogP contribution in [0.25, 0.3) is 0 Å². The third kappa shape index (κ3) is 2.59. The molecule has 1 atom stereocenters. The molecule has 1 rings (SSSR count). The molecule has 9 heavy (non-hydrogen) atoms. The molecule has 1 aliphatic carbocycles. The lowest BCUT2D eigenvalue weighted by Crippen LogP contribution is -2.12. The Bertz CT molecular complexity index is 81.0. The van der Waals surface area contributed by atoms with E-state index in [9.17, 15) is 5.11 Å². The Labute approximate surface area is 60.8 Å². The highest BCUT2D eigenvalue weighted by atomic mass is 32.2. The lowest BCUT2D eigenvalue weighted by Gasteiger charge is -2.05. The second kappa shape index (κ2) is 3.47. The average Bonchev–Trinajstić information content (AvgIpc) is 2.63. The molecular weight excluding hydrogens is 132 g/mol. The van der Waals surface area contributed by atoms with Gasteiger partial charge >= 0.3 is 0 Å². The van der Waals surface area contributed by atoms with E-state index in [2.05, 4.69) is 6.92 Å². The number of aliphatic hydroxyl groups excluding tert-OH is 1. The quantitative estimate of drug-likeness (QED) is 0.648. The Morgan fingerprint density at radius 2 is 2.33 bits per heavy atom. The first-order valence-electron chi connectivity index (χ1n) is 3.60. The van der Waals surface area contributed by atoms with Crippen LogP contribution in [0, 0.1) is 5.92 Å². The molecule has 0 aliphatic heterocycles. The minimum absolute atomic E-state index is 0.00468. The first-order chi connectivity index (χ1) is 4.34. The molecule has 2 heteroatoms. The summed E-state index contributed by atoms with van der Waals surface area (Å²) in [6, 6.07) is 0. The minimum atomic E-state index is -0.00468. The van der Waals surface area contributed by atoms with E-state index in [0.717, 1.165) is 11.5 Å². The average molecular weight is 146 g/mol. The maximum absolute atomic E-state index is 9.30. The monoisotopic (exact) mass is 146 g/mol. The summed E-state index contributed by atoms with van der Waals surface area (Å²) >= 11 is 1.83. The predicted octanol–water partition coefficient (Wildman–Crippen LogP) is 1.51. The van der Waals surface area contributed by atoms with E-state index in [-0.39, 0.29) is 6.10 Å². The second-order valence-corrected chi connectivity index (χ2v) is 3.88. The van der Waals surface area contributed by atoms with Crippen molar-refractivity contribution in [2.45, 2.75) is 25.9 Å². The molecule has 1 nitrogen and oxygen atoms in total. The standard InChI is InChI=1S/C7H14OS/c1-2-9-5-7(8)6-3-4-6/h6-8H,2-5H2,1H3. The summed E-state index contributed by atoms with van der Waals surface area (Å²) in [7, 11) is 0. The van der Waals surface area contributed by atoms with Crippen LogP contribution in [-0.4, -0.2) is 22.7 Å². The van der Waals surface area contributed by atoms with Crippen molar-refractivity contribution < 1.29 is 5.11 Å². The van der Waals surface area contributed by atoms with E-state index in [1.165, 1.54) is 12.8 Å². The normalized spacial score (nSPS) is 22.0. The molecular formula is C7H14OS. The van der Waals surface area contributed by atoms with Gasteiger partial charge in [0.25, 0.3) is 0 Å². The zero-order chi connectivity index (χ0) is 6.69. The molecule has 0 heterocycles. The van der Waals surface area contributed by atoms with Gasteiger partial charge in [0.15, 0.2) is 0 Å². The highest BCUT2D eigenvalue weighted by Crippen LogP contribution is 2.33. The van der Waals surface area contributed by atoms with Gasteiger partial charge in [-0.05, 0) is 24.5 Å². The van der Waals surface area contributed by atoms with Crippen LogP contribution in [-0.2, 0) is 0 Å². The third-order valence-corrected chi connectivity index (χ3v) is 2.64. The summed E-state index contributed by atoms with van der Waals surface area (Å²) in [5.74, 6) is 2.73. The molecule has 0 saturated heterocycles. The summed E-state index contributed by atoms with van der Waals surface area (Å²) in [5.41, 5.74) is 0. The Balaban J connectivity index is 1.96. The van der Waals surface area contributed by atoms with Gasteiger partial charge in [0.2, 0.25) is 0 Å². The van der Waals surface area contributed by atoms with Crippen LogP contribution >= 0.6 is 11.8 Å². The Hall–Kier alpha value is 0.310. The maximum Gasteiger partial charge on any atom is 0.0658 e. The van der Waals surface area contributed by atoms with Gasteiger partial charge in [0, 0.05) is 5.75 Å². The van der Waals surface area contributed by atoms with E-state index in [0.29, 0.717) is 5.92 Å². The summed E-state index contributed by atoms with van der Waals surface area (Å²) in [6.07, 6.45) is 2.51. The highest BCUT2D eigenvalue weighted by Gasteiger charge is 2.28. The van der Waals surface area contributed by atoms with Crippen LogP contribution < -0.4 is 0 Å². The van der Waals surface area contributed by atoms with Crippen LogP contribution in [0.1, 0.15) is 19.8 Å². The molecule has 0 radical (unpaired) electrons. The van der Waals surface area contributed by atoms with E-state index < -0.39 is 0 Å². The fourth-order valence-electron chi connectivity index (χ4n) is 0.856. The Kier molecular flexibility index (Phi) is 2.86. The lowest BCUT2D eigenvalue weighted by molar-refractivity contribution is 0.176. The van der Waals surface area contributed by atoms with Gasteiger partial charge < -0.3 is 5.11 Å². The molecule has 0 aromatic heterocycles. The van der Waals surface area contributed by atoms with Crippen molar-refractivity contribution in [3.8, 4) is 0 Å². The smallest absolute Gasteiger partial charge is 0.0658 e. The minimum Gasteiger partial charge on any atom is -0.392 e. The van der Waals surface area contributed by atoms with Gasteiger partial charge in [-0.2, -0.15) is 11.8 Å². The van der Waals surface area contributed by atoms with Gasteiger partial charge in [-0.1, -0.05) is 6.92 Å². The molecule has 0 amide bonds. The second-order valence-electron chi connectivity index (χ2n) is 2.56. The Morgan fingerprint density at radius 1 is 1.67 bits per heavy atom. The zero-order valence-corrected chi connectivity index (χ0v) is 6.66. The number of rotatable bonds is 4.